The van der Waals surface area contributed by atoms with Gasteiger partial charge in [0.2, 0.25) is 5.91 Å². The largest absolute Gasteiger partial charge is 0.345 e. The van der Waals surface area contributed by atoms with Crippen LogP contribution >= 0.6 is 0 Å². The normalized spacial score (nSPS) is 15.4. The molecular formula is C19H17N5O2. The summed E-state index contributed by atoms with van der Waals surface area (Å²) in [6.45, 7) is 0.628. The molecular weight excluding hydrogens is 330 g/mol. The molecule has 130 valence electrons. The van der Waals surface area contributed by atoms with E-state index in [1.54, 1.807) is 18.7 Å². The van der Waals surface area contributed by atoms with Gasteiger partial charge in [0.15, 0.2) is 0 Å². The predicted octanol–water partition coefficient (Wildman–Crippen LogP) is 2.14. The molecule has 1 unspecified atom stereocenters. The SMILES string of the molecule is O=C(CC1NC(=O)c2ccccc21)Nc1cccc(Cn2cnnc2)c1. The van der Waals surface area contributed by atoms with Crippen LogP contribution in [-0.4, -0.2) is 26.6 Å². The monoisotopic (exact) mass is 347 g/mol. The van der Waals surface area contributed by atoms with Crippen LogP contribution in [0.5, 0.6) is 0 Å². The third kappa shape index (κ3) is 3.32. The molecule has 7 heteroatoms. The average molecular weight is 347 g/mol. The van der Waals surface area contributed by atoms with Crippen molar-refractivity contribution in [2.45, 2.75) is 19.0 Å². The molecule has 1 aromatic heterocycles. The minimum Gasteiger partial charge on any atom is -0.345 e. The Morgan fingerprint density at radius 2 is 1.92 bits per heavy atom. The smallest absolute Gasteiger partial charge is 0.252 e. The van der Waals surface area contributed by atoms with Gasteiger partial charge in [-0.2, -0.15) is 0 Å². The molecule has 26 heavy (non-hydrogen) atoms. The maximum Gasteiger partial charge on any atom is 0.252 e. The molecule has 0 saturated carbocycles. The summed E-state index contributed by atoms with van der Waals surface area (Å²) in [7, 11) is 0. The van der Waals surface area contributed by atoms with Crippen molar-refractivity contribution in [3.05, 3.63) is 77.9 Å². The van der Waals surface area contributed by atoms with Gasteiger partial charge in [-0.15, -0.1) is 10.2 Å². The Morgan fingerprint density at radius 3 is 2.77 bits per heavy atom. The lowest BCUT2D eigenvalue weighted by atomic mass is 10.0. The number of anilines is 1. The highest BCUT2D eigenvalue weighted by molar-refractivity contribution is 6.00. The van der Waals surface area contributed by atoms with Crippen molar-refractivity contribution in [3.63, 3.8) is 0 Å². The second-order valence-electron chi connectivity index (χ2n) is 6.20. The van der Waals surface area contributed by atoms with E-state index < -0.39 is 0 Å². The van der Waals surface area contributed by atoms with Crippen molar-refractivity contribution >= 4 is 17.5 Å². The third-order valence-electron chi connectivity index (χ3n) is 4.32. The molecule has 2 aromatic carbocycles. The molecule has 0 aliphatic carbocycles. The quantitative estimate of drug-likeness (QED) is 0.740. The first-order valence-electron chi connectivity index (χ1n) is 8.30. The molecule has 0 fully saturated rings. The molecule has 1 aliphatic heterocycles. The van der Waals surface area contributed by atoms with E-state index in [-0.39, 0.29) is 24.3 Å². The predicted molar refractivity (Wildman–Crippen MR) is 95.5 cm³/mol. The minimum absolute atomic E-state index is 0.130. The molecule has 2 amide bonds. The zero-order valence-corrected chi connectivity index (χ0v) is 13.9. The molecule has 3 aromatic rings. The van der Waals surface area contributed by atoms with Gasteiger partial charge in [0, 0.05) is 11.3 Å². The number of hydrogen-bond acceptors (Lipinski definition) is 4. The first-order chi connectivity index (χ1) is 12.7. The van der Waals surface area contributed by atoms with Crippen molar-refractivity contribution < 1.29 is 9.59 Å². The van der Waals surface area contributed by atoms with Gasteiger partial charge in [-0.1, -0.05) is 30.3 Å². The number of fused-ring (bicyclic) bond motifs is 1. The number of benzene rings is 2. The average Bonchev–Trinajstić information content (AvgIpc) is 3.24. The van der Waals surface area contributed by atoms with E-state index in [1.807, 2.05) is 47.0 Å². The number of amides is 2. The fraction of sp³-hybridized carbons (Fsp3) is 0.158. The standard InChI is InChI=1S/C19H17N5O2/c25-18(9-17-15-6-1-2-7-16(15)19(26)23-17)22-14-5-3-4-13(8-14)10-24-11-20-21-12-24/h1-8,11-12,17H,9-10H2,(H,22,25)(H,23,26). The number of hydrogen-bond donors (Lipinski definition) is 2. The van der Waals surface area contributed by atoms with Crippen LogP contribution in [0.15, 0.2) is 61.2 Å². The van der Waals surface area contributed by atoms with Crippen LogP contribution < -0.4 is 10.6 Å². The molecule has 4 rings (SSSR count). The van der Waals surface area contributed by atoms with E-state index in [0.29, 0.717) is 12.1 Å². The van der Waals surface area contributed by atoms with Gasteiger partial charge >= 0.3 is 0 Å². The maximum atomic E-state index is 12.4. The number of nitrogens with zero attached hydrogens (tertiary/aromatic N) is 3. The van der Waals surface area contributed by atoms with Gasteiger partial charge in [0.05, 0.1) is 19.0 Å². The van der Waals surface area contributed by atoms with Crippen LogP contribution in [0.25, 0.3) is 0 Å². The molecule has 0 saturated heterocycles. The Bertz CT molecular complexity index is 952. The topological polar surface area (TPSA) is 88.9 Å². The molecule has 7 nitrogen and oxygen atoms in total. The second kappa shape index (κ2) is 6.79. The van der Waals surface area contributed by atoms with Gasteiger partial charge in [-0.25, -0.2) is 0 Å². The molecule has 1 aliphatic rings. The highest BCUT2D eigenvalue weighted by Crippen LogP contribution is 2.27. The van der Waals surface area contributed by atoms with E-state index in [4.69, 9.17) is 0 Å². The van der Waals surface area contributed by atoms with E-state index in [2.05, 4.69) is 20.8 Å². The fourth-order valence-corrected chi connectivity index (χ4v) is 3.14. The molecule has 2 heterocycles. The minimum atomic E-state index is -0.293. The van der Waals surface area contributed by atoms with Gasteiger partial charge in [-0.3, -0.25) is 9.59 Å². The van der Waals surface area contributed by atoms with Crippen molar-refractivity contribution in [2.24, 2.45) is 0 Å². The zero-order chi connectivity index (χ0) is 17.9. The second-order valence-corrected chi connectivity index (χ2v) is 6.20. The van der Waals surface area contributed by atoms with Crippen LogP contribution in [-0.2, 0) is 11.3 Å². The summed E-state index contributed by atoms with van der Waals surface area (Å²) in [4.78, 5) is 24.4. The summed E-state index contributed by atoms with van der Waals surface area (Å²) in [5, 5.41) is 13.3. The van der Waals surface area contributed by atoms with Crippen LogP contribution in [0.4, 0.5) is 5.69 Å². The highest BCUT2D eigenvalue weighted by Gasteiger charge is 2.29. The first-order valence-corrected chi connectivity index (χ1v) is 8.30. The molecule has 0 radical (unpaired) electrons. The van der Waals surface area contributed by atoms with E-state index in [9.17, 15) is 9.59 Å². The van der Waals surface area contributed by atoms with Crippen molar-refractivity contribution in [2.75, 3.05) is 5.32 Å². The summed E-state index contributed by atoms with van der Waals surface area (Å²) in [5.74, 6) is -0.275. The Balaban J connectivity index is 1.42. The Labute approximate surface area is 150 Å². The van der Waals surface area contributed by atoms with E-state index in [0.717, 1.165) is 16.8 Å². The van der Waals surface area contributed by atoms with E-state index in [1.165, 1.54) is 0 Å². The molecule has 0 bridgehead atoms. The summed E-state index contributed by atoms with van der Waals surface area (Å²) in [6.07, 6.45) is 3.48. The van der Waals surface area contributed by atoms with Gasteiger partial charge in [0.1, 0.15) is 12.7 Å². The summed E-state index contributed by atoms with van der Waals surface area (Å²) >= 11 is 0. The summed E-state index contributed by atoms with van der Waals surface area (Å²) < 4.78 is 1.85. The van der Waals surface area contributed by atoms with Crippen LogP contribution in [0.2, 0.25) is 0 Å². The lowest BCUT2D eigenvalue weighted by molar-refractivity contribution is -0.116. The van der Waals surface area contributed by atoms with Crippen molar-refractivity contribution in [1.82, 2.24) is 20.1 Å². The van der Waals surface area contributed by atoms with Crippen molar-refractivity contribution in [3.8, 4) is 0 Å². The number of nitrogens with one attached hydrogen (secondary N) is 2. The molecule has 2 N–H and O–H groups in total. The van der Waals surface area contributed by atoms with Gasteiger partial charge < -0.3 is 15.2 Å². The lowest BCUT2D eigenvalue weighted by Crippen LogP contribution is -2.24. The Hall–Kier alpha value is -3.48. The van der Waals surface area contributed by atoms with Crippen LogP contribution in [0, 0.1) is 0 Å². The van der Waals surface area contributed by atoms with Gasteiger partial charge in [-0.05, 0) is 29.3 Å². The zero-order valence-electron chi connectivity index (χ0n) is 13.9. The fourth-order valence-electron chi connectivity index (χ4n) is 3.14. The summed E-state index contributed by atoms with van der Waals surface area (Å²) in [5.41, 5.74) is 3.26. The van der Waals surface area contributed by atoms with Crippen LogP contribution in [0.1, 0.15) is 33.9 Å². The van der Waals surface area contributed by atoms with Crippen molar-refractivity contribution in [1.29, 1.82) is 0 Å². The maximum absolute atomic E-state index is 12.4. The Morgan fingerprint density at radius 1 is 1.12 bits per heavy atom. The highest BCUT2D eigenvalue weighted by atomic mass is 16.2. The number of carbonyl (C=O) groups excluding carboxylic acids is 2. The summed E-state index contributed by atoms with van der Waals surface area (Å²) in [6, 6.07) is 14.7. The number of aromatic nitrogens is 3. The van der Waals surface area contributed by atoms with E-state index >= 15 is 0 Å². The van der Waals surface area contributed by atoms with Crippen LogP contribution in [0.3, 0.4) is 0 Å². The molecule has 0 spiro atoms. The Kier molecular flexibility index (Phi) is 4.18. The van der Waals surface area contributed by atoms with Gasteiger partial charge in [0.25, 0.3) is 5.91 Å². The number of carbonyl (C=O) groups is 2. The lowest BCUT2D eigenvalue weighted by Gasteiger charge is -2.12. The molecule has 1 atom stereocenters. The number of rotatable bonds is 5. The first kappa shape index (κ1) is 16.0. The third-order valence-corrected chi connectivity index (χ3v) is 4.32.